The van der Waals surface area contributed by atoms with E-state index in [0.29, 0.717) is 17.2 Å². The van der Waals surface area contributed by atoms with Crippen LogP contribution in [0, 0.1) is 23.2 Å². The summed E-state index contributed by atoms with van der Waals surface area (Å²) in [7, 11) is -3.34. The molecular weight excluding hydrogens is 372 g/mol. The molecule has 2 aliphatic rings. The molecule has 4 nitrogen and oxygen atoms in total. The number of fused-ring (bicyclic) bond motifs is 1. The Bertz CT molecular complexity index is 768. The lowest BCUT2D eigenvalue weighted by Gasteiger charge is -2.46. The number of aliphatic hydroxyl groups is 2. The molecule has 0 bridgehead atoms. The molecule has 0 amide bonds. The molecule has 2 N–H and O–H groups in total. The van der Waals surface area contributed by atoms with Crippen molar-refractivity contribution in [2.75, 3.05) is 0 Å². The summed E-state index contributed by atoms with van der Waals surface area (Å²) < 4.78 is 26.8. The van der Waals surface area contributed by atoms with Gasteiger partial charge in [0, 0.05) is 0 Å². The number of benzene rings is 1. The molecule has 1 aromatic carbocycles. The van der Waals surface area contributed by atoms with Gasteiger partial charge in [0.15, 0.2) is 9.84 Å². The first-order chi connectivity index (χ1) is 13.0. The number of hydrogen-bond donors (Lipinski definition) is 2. The van der Waals surface area contributed by atoms with Gasteiger partial charge in [-0.1, -0.05) is 38.5 Å². The lowest BCUT2D eigenvalue weighted by Crippen LogP contribution is -2.45. The van der Waals surface area contributed by atoms with Crippen LogP contribution in [-0.4, -0.2) is 35.6 Å². The molecule has 3 rings (SSSR count). The van der Waals surface area contributed by atoms with E-state index in [1.807, 2.05) is 6.07 Å². The normalized spacial score (nSPS) is 33.3. The van der Waals surface area contributed by atoms with Gasteiger partial charge in [-0.25, -0.2) is 8.42 Å². The first-order valence-electron chi connectivity index (χ1n) is 10.7. The van der Waals surface area contributed by atoms with Gasteiger partial charge in [-0.3, -0.25) is 0 Å². The minimum absolute atomic E-state index is 0.0243. The topological polar surface area (TPSA) is 74.6 Å². The molecule has 158 valence electrons. The van der Waals surface area contributed by atoms with Gasteiger partial charge in [-0.2, -0.15) is 0 Å². The molecule has 2 saturated carbocycles. The SMILES string of the molecule is C[C@@H](C[C@H](O)C(C)(C)O)[C@@H]1CC[C@@H]2[C@@H](S(=O)(=O)c3ccccc3)CCC[C@]21C. The Morgan fingerprint density at radius 3 is 2.43 bits per heavy atom. The van der Waals surface area contributed by atoms with Crippen molar-refractivity contribution in [1.82, 2.24) is 0 Å². The molecule has 0 spiro atoms. The molecule has 0 radical (unpaired) electrons. The van der Waals surface area contributed by atoms with Crippen LogP contribution in [0.2, 0.25) is 0 Å². The van der Waals surface area contributed by atoms with E-state index in [1.165, 1.54) is 0 Å². The van der Waals surface area contributed by atoms with Gasteiger partial charge in [-0.05, 0) is 81.3 Å². The van der Waals surface area contributed by atoms with Crippen LogP contribution in [0.4, 0.5) is 0 Å². The average Bonchev–Trinajstić information content (AvgIpc) is 2.98. The van der Waals surface area contributed by atoms with Crippen molar-refractivity contribution in [2.24, 2.45) is 23.2 Å². The summed E-state index contributed by atoms with van der Waals surface area (Å²) in [5.41, 5.74) is -1.14. The van der Waals surface area contributed by atoms with Gasteiger partial charge in [0.05, 0.1) is 21.9 Å². The zero-order chi connectivity index (χ0) is 20.7. The molecular formula is C23H36O4S. The van der Waals surface area contributed by atoms with Gasteiger partial charge in [0.2, 0.25) is 0 Å². The van der Waals surface area contributed by atoms with Crippen LogP contribution in [0.3, 0.4) is 0 Å². The zero-order valence-electron chi connectivity index (χ0n) is 17.6. The van der Waals surface area contributed by atoms with E-state index in [0.717, 1.165) is 32.1 Å². The highest BCUT2D eigenvalue weighted by atomic mass is 32.2. The van der Waals surface area contributed by atoms with Crippen molar-refractivity contribution in [3.05, 3.63) is 30.3 Å². The average molecular weight is 409 g/mol. The van der Waals surface area contributed by atoms with Crippen molar-refractivity contribution < 1.29 is 18.6 Å². The second-order valence-corrected chi connectivity index (χ2v) is 12.1. The van der Waals surface area contributed by atoms with Gasteiger partial charge in [0.25, 0.3) is 0 Å². The third kappa shape index (κ3) is 3.90. The summed E-state index contributed by atoms with van der Waals surface area (Å²) >= 11 is 0. The minimum Gasteiger partial charge on any atom is -0.390 e. The van der Waals surface area contributed by atoms with Crippen molar-refractivity contribution in [3.8, 4) is 0 Å². The monoisotopic (exact) mass is 408 g/mol. The Morgan fingerprint density at radius 1 is 1.18 bits per heavy atom. The fourth-order valence-electron chi connectivity index (χ4n) is 6.06. The first-order valence-corrected chi connectivity index (χ1v) is 12.2. The maximum absolute atomic E-state index is 13.4. The fraction of sp³-hybridized carbons (Fsp3) is 0.739. The smallest absolute Gasteiger partial charge is 0.181 e. The van der Waals surface area contributed by atoms with Crippen LogP contribution in [-0.2, 0) is 9.84 Å². The Balaban J connectivity index is 1.83. The van der Waals surface area contributed by atoms with Gasteiger partial charge >= 0.3 is 0 Å². The number of aliphatic hydroxyl groups excluding tert-OH is 1. The van der Waals surface area contributed by atoms with Crippen LogP contribution in [0.1, 0.15) is 66.2 Å². The third-order valence-corrected chi connectivity index (χ3v) is 9.99. The van der Waals surface area contributed by atoms with Crippen LogP contribution in [0.25, 0.3) is 0 Å². The Labute approximate surface area is 170 Å². The van der Waals surface area contributed by atoms with Crippen LogP contribution >= 0.6 is 0 Å². The maximum atomic E-state index is 13.4. The molecule has 1 aromatic rings. The minimum atomic E-state index is -3.34. The lowest BCUT2D eigenvalue weighted by atomic mass is 9.62. The Kier molecular flexibility index (Phi) is 6.02. The zero-order valence-corrected chi connectivity index (χ0v) is 18.5. The van der Waals surface area contributed by atoms with E-state index in [-0.39, 0.29) is 22.5 Å². The van der Waals surface area contributed by atoms with E-state index >= 15 is 0 Å². The summed E-state index contributed by atoms with van der Waals surface area (Å²) in [6, 6.07) is 8.89. The van der Waals surface area contributed by atoms with E-state index in [2.05, 4.69) is 13.8 Å². The first kappa shape index (κ1) is 21.8. The fourth-order valence-corrected chi connectivity index (χ4v) is 8.30. The number of rotatable bonds is 6. The number of hydrogen-bond acceptors (Lipinski definition) is 4. The van der Waals surface area contributed by atoms with Crippen molar-refractivity contribution >= 4 is 9.84 Å². The second-order valence-electron chi connectivity index (χ2n) is 9.97. The quantitative estimate of drug-likeness (QED) is 0.740. The Morgan fingerprint density at radius 2 is 1.82 bits per heavy atom. The molecule has 5 heteroatoms. The van der Waals surface area contributed by atoms with E-state index < -0.39 is 21.5 Å². The van der Waals surface area contributed by atoms with Crippen LogP contribution in [0.5, 0.6) is 0 Å². The molecule has 2 fully saturated rings. The Hall–Kier alpha value is -0.910. The summed E-state index contributed by atoms with van der Waals surface area (Å²) in [5.74, 6) is 0.788. The molecule has 0 unspecified atom stereocenters. The van der Waals surface area contributed by atoms with Gasteiger partial charge < -0.3 is 10.2 Å². The highest BCUT2D eigenvalue weighted by Crippen LogP contribution is 2.60. The summed E-state index contributed by atoms with van der Waals surface area (Å²) in [6.07, 6.45) is 4.44. The summed E-state index contributed by atoms with van der Waals surface area (Å²) in [5, 5.41) is 20.2. The van der Waals surface area contributed by atoms with Crippen LogP contribution < -0.4 is 0 Å². The summed E-state index contributed by atoms with van der Waals surface area (Å²) in [4.78, 5) is 0.443. The second kappa shape index (κ2) is 7.73. The van der Waals surface area contributed by atoms with Crippen molar-refractivity contribution in [1.29, 1.82) is 0 Å². The molecule has 0 heterocycles. The molecule has 28 heavy (non-hydrogen) atoms. The molecule has 2 aliphatic carbocycles. The third-order valence-electron chi connectivity index (χ3n) is 7.70. The highest BCUT2D eigenvalue weighted by Gasteiger charge is 2.55. The standard InChI is InChI=1S/C23H36O4S/c1-16(15-21(24)22(2,3)25)18-12-13-19-20(11-8-14-23(18,19)4)28(26,27)17-9-6-5-7-10-17/h5-7,9-10,16,18-21,24-25H,8,11-15H2,1-4H3/t16-,18-,19+,20-,21-,23-/m0/s1. The van der Waals surface area contributed by atoms with E-state index in [4.69, 9.17) is 0 Å². The van der Waals surface area contributed by atoms with Crippen molar-refractivity contribution in [3.63, 3.8) is 0 Å². The van der Waals surface area contributed by atoms with Gasteiger partial charge in [-0.15, -0.1) is 0 Å². The summed E-state index contributed by atoms with van der Waals surface area (Å²) in [6.45, 7) is 7.72. The van der Waals surface area contributed by atoms with E-state index in [1.54, 1.807) is 38.1 Å². The van der Waals surface area contributed by atoms with Gasteiger partial charge in [0.1, 0.15) is 0 Å². The van der Waals surface area contributed by atoms with Crippen LogP contribution in [0.15, 0.2) is 35.2 Å². The molecule has 0 aliphatic heterocycles. The highest BCUT2D eigenvalue weighted by molar-refractivity contribution is 7.92. The van der Waals surface area contributed by atoms with Crippen molar-refractivity contribution in [2.45, 2.75) is 88.1 Å². The molecule has 6 atom stereocenters. The lowest BCUT2D eigenvalue weighted by molar-refractivity contribution is -0.0659. The number of sulfone groups is 1. The van der Waals surface area contributed by atoms with E-state index in [9.17, 15) is 18.6 Å². The maximum Gasteiger partial charge on any atom is 0.181 e. The molecule has 0 saturated heterocycles. The molecule has 0 aromatic heterocycles. The predicted molar refractivity (Wildman–Crippen MR) is 112 cm³/mol. The largest absolute Gasteiger partial charge is 0.390 e. The predicted octanol–water partition coefficient (Wildman–Crippen LogP) is 4.20.